The number of fused-ring (bicyclic) bond motifs is 8. The van der Waals surface area contributed by atoms with Crippen LogP contribution in [-0.2, 0) is 27.2 Å². The van der Waals surface area contributed by atoms with Crippen molar-refractivity contribution in [3.63, 3.8) is 0 Å². The summed E-state index contributed by atoms with van der Waals surface area (Å²) in [5.74, 6) is -2.18. The fourth-order valence-corrected chi connectivity index (χ4v) is 6.41. The molecule has 0 amide bonds. The van der Waals surface area contributed by atoms with Gasteiger partial charge in [0.15, 0.2) is 0 Å². The molecule has 11 nitrogen and oxygen atoms in total. The molecule has 1 aliphatic heterocycles. The summed E-state index contributed by atoms with van der Waals surface area (Å²) in [6.45, 7) is 9.79. The summed E-state index contributed by atoms with van der Waals surface area (Å²) < 4.78 is 0. The van der Waals surface area contributed by atoms with E-state index in [4.69, 9.17) is 11.5 Å². The molecule has 10 N–H and O–H groups in total. The number of hydrogen-bond acceptors (Lipinski definition) is 5. The SMILES string of the molecule is CCCCC(N)(N)C(=O)C1=c2[nH]c(cc2C)=Cc2[nH]c(c(CCC(=O)O)c2C)C=c2[nH]c(c(C)c2CCC(=O)O)=Cc2[nH]c1cc2C. The van der Waals surface area contributed by atoms with Gasteiger partial charge in [-0.2, -0.15) is 0 Å². The highest BCUT2D eigenvalue weighted by Crippen LogP contribution is 2.24. The molecule has 0 unspecified atom stereocenters. The lowest BCUT2D eigenvalue weighted by Gasteiger charge is -2.24. The minimum Gasteiger partial charge on any atom is -0.481 e. The Morgan fingerprint density at radius 1 is 0.745 bits per heavy atom. The second-order valence-electron chi connectivity index (χ2n) is 12.7. The summed E-state index contributed by atoms with van der Waals surface area (Å²) in [6.07, 6.45) is 8.21. The quantitative estimate of drug-likeness (QED) is 0.114. The highest BCUT2D eigenvalue weighted by Gasteiger charge is 2.33. The number of ketones is 1. The molecule has 0 aliphatic carbocycles. The lowest BCUT2D eigenvalue weighted by atomic mass is 9.91. The van der Waals surface area contributed by atoms with Crippen molar-refractivity contribution < 1.29 is 24.6 Å². The highest BCUT2D eigenvalue weighted by atomic mass is 16.4. The van der Waals surface area contributed by atoms with Gasteiger partial charge in [-0.25, -0.2) is 0 Å². The minimum atomic E-state index is -1.58. The number of aryl methyl sites for hydroxylation is 2. The first-order chi connectivity index (χ1) is 22.2. The number of carbonyl (C=O) groups excluding carboxylic acids is 1. The first-order valence-corrected chi connectivity index (χ1v) is 16.0. The minimum absolute atomic E-state index is 0.0496. The Balaban J connectivity index is 1.89. The molecule has 4 aromatic heterocycles. The molecule has 0 saturated heterocycles. The number of carbonyl (C=O) groups is 3. The molecule has 11 heteroatoms. The number of nitrogens with two attached hydrogens (primary N) is 2. The number of aromatic nitrogens is 4. The van der Waals surface area contributed by atoms with Crippen molar-refractivity contribution in [3.8, 4) is 0 Å². The Morgan fingerprint density at radius 3 is 2.06 bits per heavy atom. The number of rotatable bonds is 11. The topological polar surface area (TPSA) is 207 Å². The number of nitrogens with one attached hydrogen (secondary N) is 4. The van der Waals surface area contributed by atoms with E-state index in [2.05, 4.69) is 19.9 Å². The number of Topliss-reactive ketones (excluding diaryl/α,β-unsaturated/α-hetero) is 1. The van der Waals surface area contributed by atoms with Gasteiger partial charge in [0.25, 0.3) is 0 Å². The van der Waals surface area contributed by atoms with Gasteiger partial charge in [0.1, 0.15) is 5.66 Å². The summed E-state index contributed by atoms with van der Waals surface area (Å²) in [4.78, 5) is 51.3. The first-order valence-electron chi connectivity index (χ1n) is 16.0. The van der Waals surface area contributed by atoms with Crippen molar-refractivity contribution in [2.45, 2.75) is 85.2 Å². The van der Waals surface area contributed by atoms with Crippen LogP contribution < -0.4 is 32.9 Å². The lowest BCUT2D eigenvalue weighted by Crippen LogP contribution is -2.57. The predicted octanol–water partition coefficient (Wildman–Crippen LogP) is 1.64. The van der Waals surface area contributed by atoms with Gasteiger partial charge in [0, 0.05) is 46.0 Å². The third-order valence-electron chi connectivity index (χ3n) is 9.16. The molecule has 248 valence electrons. The van der Waals surface area contributed by atoms with Crippen molar-refractivity contribution in [2.24, 2.45) is 11.5 Å². The van der Waals surface area contributed by atoms with Crippen LogP contribution in [0.4, 0.5) is 0 Å². The second-order valence-corrected chi connectivity index (χ2v) is 12.7. The zero-order valence-electron chi connectivity index (χ0n) is 27.6. The van der Waals surface area contributed by atoms with E-state index in [-0.39, 0.29) is 18.6 Å². The summed E-state index contributed by atoms with van der Waals surface area (Å²) >= 11 is 0. The molecule has 5 rings (SSSR count). The predicted molar refractivity (Wildman–Crippen MR) is 181 cm³/mol. The van der Waals surface area contributed by atoms with E-state index in [9.17, 15) is 24.6 Å². The zero-order chi connectivity index (χ0) is 34.2. The average molecular weight is 641 g/mol. The molecule has 8 bridgehead atoms. The van der Waals surface area contributed by atoms with E-state index in [1.807, 2.05) is 65.0 Å². The molecule has 5 heterocycles. The van der Waals surface area contributed by atoms with Gasteiger partial charge in [-0.1, -0.05) is 19.8 Å². The van der Waals surface area contributed by atoms with E-state index in [1.54, 1.807) is 0 Å². The van der Waals surface area contributed by atoms with E-state index in [1.165, 1.54) is 0 Å². The maximum absolute atomic E-state index is 14.2. The van der Waals surface area contributed by atoms with Gasteiger partial charge >= 0.3 is 11.9 Å². The summed E-state index contributed by atoms with van der Waals surface area (Å²) in [6, 6.07) is 3.87. The molecular formula is C36H44N6O5. The van der Waals surface area contributed by atoms with Crippen molar-refractivity contribution in [1.29, 1.82) is 0 Å². The van der Waals surface area contributed by atoms with Gasteiger partial charge in [0.2, 0.25) is 5.78 Å². The van der Waals surface area contributed by atoms with Crippen molar-refractivity contribution in [3.05, 3.63) is 89.7 Å². The van der Waals surface area contributed by atoms with Crippen molar-refractivity contribution >= 4 is 41.5 Å². The number of aliphatic carboxylic acids is 2. The largest absolute Gasteiger partial charge is 0.481 e. The maximum Gasteiger partial charge on any atom is 0.303 e. The monoisotopic (exact) mass is 640 g/mol. The van der Waals surface area contributed by atoms with Gasteiger partial charge in [0.05, 0.1) is 16.6 Å². The Bertz CT molecular complexity index is 2140. The normalized spacial score (nSPS) is 12.8. The van der Waals surface area contributed by atoms with Crippen LogP contribution in [-0.4, -0.2) is 53.5 Å². The van der Waals surface area contributed by atoms with Crippen LogP contribution in [0.15, 0.2) is 12.1 Å². The number of H-pyrrole nitrogens is 4. The van der Waals surface area contributed by atoms with Crippen LogP contribution in [0.25, 0.3) is 23.8 Å². The number of aromatic amines is 4. The number of carboxylic acid groups (broad SMARTS) is 2. The average Bonchev–Trinajstić information content (AvgIpc) is 3.70. The number of hydrogen-bond donors (Lipinski definition) is 8. The molecule has 1 aliphatic rings. The third kappa shape index (κ3) is 6.81. The van der Waals surface area contributed by atoms with E-state index in [0.717, 1.165) is 72.9 Å². The van der Waals surface area contributed by atoms with Crippen LogP contribution >= 0.6 is 0 Å². The Hall–Kier alpha value is -4.87. The van der Waals surface area contributed by atoms with Gasteiger partial charge in [-0.3, -0.25) is 14.4 Å². The molecular weight excluding hydrogens is 596 g/mol. The molecule has 0 spiro atoms. The van der Waals surface area contributed by atoms with E-state index >= 15 is 0 Å². The third-order valence-corrected chi connectivity index (χ3v) is 9.16. The highest BCUT2D eigenvalue weighted by molar-refractivity contribution is 6.24. The zero-order valence-corrected chi connectivity index (χ0v) is 27.6. The second kappa shape index (κ2) is 13.1. The smallest absolute Gasteiger partial charge is 0.303 e. The standard InChI is InChI=1S/C36H44N6O5/c1-6-7-12-36(37,38)35(47)33-30-14-18(2)25(40-30)16-27-21(5)24(9-11-32(45)46)29(42-27)17-28-23(8-10-31(43)44)20(4)26(41-28)15-22-13-19(3)34(33)39-22/h13-17,39-42H,6-12,37-38H2,1-5H3,(H,43,44)(H,45,46). The Morgan fingerprint density at radius 2 is 1.40 bits per heavy atom. The van der Waals surface area contributed by atoms with Crippen LogP contribution in [0, 0.1) is 27.7 Å². The van der Waals surface area contributed by atoms with Crippen molar-refractivity contribution in [2.75, 3.05) is 0 Å². The van der Waals surface area contributed by atoms with Gasteiger partial charge < -0.3 is 41.6 Å². The molecule has 0 aromatic carbocycles. The van der Waals surface area contributed by atoms with Gasteiger partial charge in [-0.15, -0.1) is 0 Å². The summed E-state index contributed by atoms with van der Waals surface area (Å²) in [5.41, 5.74) is 19.9. The summed E-state index contributed by atoms with van der Waals surface area (Å²) in [7, 11) is 0. The molecule has 47 heavy (non-hydrogen) atoms. The van der Waals surface area contributed by atoms with Crippen LogP contribution in [0.3, 0.4) is 0 Å². The van der Waals surface area contributed by atoms with Gasteiger partial charge in [-0.05, 0) is 111 Å². The Kier molecular flexibility index (Phi) is 9.33. The molecule has 4 aromatic rings. The van der Waals surface area contributed by atoms with Crippen LogP contribution in [0.1, 0.15) is 95.2 Å². The number of unbranched alkanes of at least 4 members (excludes halogenated alkanes) is 1. The Labute approximate surface area is 272 Å². The molecule has 0 fully saturated rings. The van der Waals surface area contributed by atoms with E-state index in [0.29, 0.717) is 42.3 Å². The molecule has 0 radical (unpaired) electrons. The maximum atomic E-state index is 14.2. The van der Waals surface area contributed by atoms with Crippen molar-refractivity contribution in [1.82, 2.24) is 19.9 Å². The fraction of sp³-hybridized carbons (Fsp3) is 0.361. The molecule has 0 atom stereocenters. The van der Waals surface area contributed by atoms with E-state index < -0.39 is 17.6 Å². The van der Waals surface area contributed by atoms with Crippen LogP contribution in [0.5, 0.6) is 0 Å². The molecule has 0 saturated carbocycles. The van der Waals surface area contributed by atoms with Crippen LogP contribution in [0.2, 0.25) is 0 Å². The first kappa shape index (κ1) is 33.5. The fourth-order valence-electron chi connectivity index (χ4n) is 6.41. The summed E-state index contributed by atoms with van der Waals surface area (Å²) in [5, 5.41) is 21.9. The number of carboxylic acids is 2. The lowest BCUT2D eigenvalue weighted by molar-refractivity contribution is -0.138.